The SMILES string of the molecule is Cc1ccc(C(CNCc2csc(-c3ccccn3)n2)N2CCCC2)o1. The van der Waals surface area contributed by atoms with Crippen molar-refractivity contribution in [1.29, 1.82) is 0 Å². The van der Waals surface area contributed by atoms with Gasteiger partial charge in [-0.15, -0.1) is 11.3 Å². The lowest BCUT2D eigenvalue weighted by Crippen LogP contribution is -2.33. The second kappa shape index (κ2) is 8.12. The van der Waals surface area contributed by atoms with Crippen LogP contribution in [0.2, 0.25) is 0 Å². The molecule has 0 aromatic carbocycles. The Morgan fingerprint density at radius 3 is 2.85 bits per heavy atom. The fraction of sp³-hybridized carbons (Fsp3) is 0.400. The van der Waals surface area contributed by atoms with E-state index in [1.165, 1.54) is 12.8 Å². The second-order valence-corrected chi connectivity index (χ2v) is 7.56. The van der Waals surface area contributed by atoms with Crippen LogP contribution in [0.5, 0.6) is 0 Å². The predicted molar refractivity (Wildman–Crippen MR) is 104 cm³/mol. The largest absolute Gasteiger partial charge is 0.465 e. The molecule has 1 N–H and O–H groups in total. The van der Waals surface area contributed by atoms with Crippen LogP contribution in [0.15, 0.2) is 46.3 Å². The van der Waals surface area contributed by atoms with Gasteiger partial charge in [0, 0.05) is 24.7 Å². The van der Waals surface area contributed by atoms with Crippen LogP contribution in [0.25, 0.3) is 10.7 Å². The smallest absolute Gasteiger partial charge is 0.142 e. The number of aryl methyl sites for hydroxylation is 1. The van der Waals surface area contributed by atoms with E-state index in [-0.39, 0.29) is 0 Å². The topological polar surface area (TPSA) is 54.2 Å². The number of likely N-dealkylation sites (tertiary alicyclic amines) is 1. The fourth-order valence-corrected chi connectivity index (χ4v) is 4.22. The van der Waals surface area contributed by atoms with E-state index < -0.39 is 0 Å². The molecule has 26 heavy (non-hydrogen) atoms. The van der Waals surface area contributed by atoms with Crippen LogP contribution < -0.4 is 5.32 Å². The van der Waals surface area contributed by atoms with E-state index in [0.29, 0.717) is 6.04 Å². The van der Waals surface area contributed by atoms with Gasteiger partial charge in [-0.2, -0.15) is 0 Å². The zero-order valence-corrected chi connectivity index (χ0v) is 15.8. The minimum Gasteiger partial charge on any atom is -0.465 e. The summed E-state index contributed by atoms with van der Waals surface area (Å²) in [5.41, 5.74) is 2.00. The molecule has 4 heterocycles. The van der Waals surface area contributed by atoms with Crippen molar-refractivity contribution in [2.45, 2.75) is 32.4 Å². The molecule has 0 spiro atoms. The molecule has 1 saturated heterocycles. The molecule has 0 saturated carbocycles. The average molecular weight is 369 g/mol. The highest BCUT2D eigenvalue weighted by atomic mass is 32.1. The maximum atomic E-state index is 5.92. The van der Waals surface area contributed by atoms with Crippen LogP contribution in [0.3, 0.4) is 0 Å². The van der Waals surface area contributed by atoms with Crippen molar-refractivity contribution >= 4 is 11.3 Å². The zero-order valence-electron chi connectivity index (χ0n) is 15.0. The first-order valence-corrected chi connectivity index (χ1v) is 10.0. The van der Waals surface area contributed by atoms with Crippen molar-refractivity contribution in [3.05, 3.63) is 59.1 Å². The molecule has 4 rings (SSSR count). The van der Waals surface area contributed by atoms with Crippen LogP contribution in [-0.4, -0.2) is 34.5 Å². The normalized spacial score (nSPS) is 16.2. The molecule has 1 aliphatic rings. The minimum atomic E-state index is 0.292. The van der Waals surface area contributed by atoms with E-state index in [9.17, 15) is 0 Å². The van der Waals surface area contributed by atoms with Crippen LogP contribution >= 0.6 is 11.3 Å². The summed E-state index contributed by atoms with van der Waals surface area (Å²) in [5.74, 6) is 2.04. The number of hydrogen-bond acceptors (Lipinski definition) is 6. The van der Waals surface area contributed by atoms with E-state index in [0.717, 1.165) is 54.1 Å². The molecule has 0 aliphatic carbocycles. The number of hydrogen-bond donors (Lipinski definition) is 1. The quantitative estimate of drug-likeness (QED) is 0.682. The summed E-state index contributed by atoms with van der Waals surface area (Å²) in [6, 6.07) is 10.4. The maximum Gasteiger partial charge on any atom is 0.142 e. The number of furan rings is 1. The Kier molecular flexibility index (Phi) is 5.43. The van der Waals surface area contributed by atoms with Gasteiger partial charge in [-0.1, -0.05) is 6.07 Å². The summed E-state index contributed by atoms with van der Waals surface area (Å²) >= 11 is 1.64. The first-order chi connectivity index (χ1) is 12.8. The van der Waals surface area contributed by atoms with Crippen LogP contribution in [0, 0.1) is 6.92 Å². The van der Waals surface area contributed by atoms with Crippen molar-refractivity contribution in [3.63, 3.8) is 0 Å². The Balaban J connectivity index is 1.38. The van der Waals surface area contributed by atoms with Gasteiger partial charge >= 0.3 is 0 Å². The Bertz CT molecular complexity index is 823. The molecule has 0 bridgehead atoms. The molecule has 0 radical (unpaired) electrons. The Morgan fingerprint density at radius 1 is 1.23 bits per heavy atom. The molecular formula is C20H24N4OS. The first kappa shape index (κ1) is 17.4. The molecule has 3 aromatic rings. The van der Waals surface area contributed by atoms with Crippen molar-refractivity contribution in [2.24, 2.45) is 0 Å². The van der Waals surface area contributed by atoms with Gasteiger partial charge < -0.3 is 9.73 Å². The maximum absolute atomic E-state index is 5.92. The summed E-state index contributed by atoms with van der Waals surface area (Å²) in [6.07, 6.45) is 4.35. The molecule has 1 fully saturated rings. The standard InChI is InChI=1S/C20H24N4OS/c1-15-7-8-19(25-15)18(24-10-4-5-11-24)13-21-12-16-14-26-20(23-16)17-6-2-3-9-22-17/h2-3,6-9,14,18,21H,4-5,10-13H2,1H3. The van der Waals surface area contributed by atoms with Crippen LogP contribution in [0.1, 0.15) is 36.1 Å². The Morgan fingerprint density at radius 2 is 2.12 bits per heavy atom. The van der Waals surface area contributed by atoms with Crippen LogP contribution in [-0.2, 0) is 6.54 Å². The van der Waals surface area contributed by atoms with Crippen molar-refractivity contribution < 1.29 is 4.42 Å². The molecule has 5 nitrogen and oxygen atoms in total. The van der Waals surface area contributed by atoms with E-state index in [2.05, 4.69) is 32.7 Å². The fourth-order valence-electron chi connectivity index (χ4n) is 3.43. The lowest BCUT2D eigenvalue weighted by Gasteiger charge is -2.26. The minimum absolute atomic E-state index is 0.292. The van der Waals surface area contributed by atoms with Gasteiger partial charge in [0.2, 0.25) is 0 Å². The van der Waals surface area contributed by atoms with Crippen molar-refractivity contribution in [2.75, 3.05) is 19.6 Å². The molecule has 0 amide bonds. The van der Waals surface area contributed by atoms with Gasteiger partial charge in [0.25, 0.3) is 0 Å². The number of thiazole rings is 1. The van der Waals surface area contributed by atoms with Gasteiger partial charge in [-0.05, 0) is 57.1 Å². The van der Waals surface area contributed by atoms with E-state index in [4.69, 9.17) is 9.40 Å². The van der Waals surface area contributed by atoms with Crippen LogP contribution in [0.4, 0.5) is 0 Å². The summed E-state index contributed by atoms with van der Waals surface area (Å²) < 4.78 is 5.92. The number of nitrogens with zero attached hydrogens (tertiary/aromatic N) is 3. The van der Waals surface area contributed by atoms with E-state index in [1.807, 2.05) is 25.1 Å². The summed E-state index contributed by atoms with van der Waals surface area (Å²) in [7, 11) is 0. The third-order valence-corrected chi connectivity index (χ3v) is 5.66. The van der Waals surface area contributed by atoms with E-state index >= 15 is 0 Å². The van der Waals surface area contributed by atoms with Gasteiger partial charge in [0.05, 0.1) is 17.4 Å². The van der Waals surface area contributed by atoms with Crippen molar-refractivity contribution in [1.82, 2.24) is 20.2 Å². The molecule has 3 aromatic heterocycles. The third kappa shape index (κ3) is 4.03. The molecule has 6 heteroatoms. The van der Waals surface area contributed by atoms with Gasteiger partial charge in [0.1, 0.15) is 16.5 Å². The monoisotopic (exact) mass is 368 g/mol. The highest BCUT2D eigenvalue weighted by Gasteiger charge is 2.25. The molecular weight excluding hydrogens is 344 g/mol. The zero-order chi connectivity index (χ0) is 17.8. The Labute approximate surface area is 158 Å². The number of aromatic nitrogens is 2. The number of pyridine rings is 1. The summed E-state index contributed by atoms with van der Waals surface area (Å²) in [5, 5.41) is 6.66. The van der Waals surface area contributed by atoms with Crippen molar-refractivity contribution in [3.8, 4) is 10.7 Å². The second-order valence-electron chi connectivity index (χ2n) is 6.70. The van der Waals surface area contributed by atoms with Gasteiger partial charge in [0.15, 0.2) is 0 Å². The molecule has 1 aliphatic heterocycles. The summed E-state index contributed by atoms with van der Waals surface area (Å²) in [6.45, 7) is 5.92. The highest BCUT2D eigenvalue weighted by molar-refractivity contribution is 7.13. The number of nitrogens with one attached hydrogen (secondary N) is 1. The highest BCUT2D eigenvalue weighted by Crippen LogP contribution is 2.26. The predicted octanol–water partition coefficient (Wildman–Crippen LogP) is 4.03. The number of rotatable bonds is 7. The van der Waals surface area contributed by atoms with Gasteiger partial charge in [-0.25, -0.2) is 4.98 Å². The van der Waals surface area contributed by atoms with E-state index in [1.54, 1.807) is 17.5 Å². The lowest BCUT2D eigenvalue weighted by atomic mass is 10.2. The summed E-state index contributed by atoms with van der Waals surface area (Å²) in [4.78, 5) is 11.6. The third-order valence-electron chi connectivity index (χ3n) is 4.75. The van der Waals surface area contributed by atoms with Gasteiger partial charge in [-0.3, -0.25) is 9.88 Å². The lowest BCUT2D eigenvalue weighted by molar-refractivity contribution is 0.207. The first-order valence-electron chi connectivity index (χ1n) is 9.16. The Hall–Kier alpha value is -2.02. The molecule has 1 unspecified atom stereocenters. The molecule has 1 atom stereocenters. The average Bonchev–Trinajstić information content (AvgIpc) is 3.42. The molecule has 136 valence electrons.